The Labute approximate surface area is 175 Å². The maximum Gasteiger partial charge on any atom is 0.270 e. The number of alkyl halides is 1. The summed E-state index contributed by atoms with van der Waals surface area (Å²) >= 11 is 3.21. The summed E-state index contributed by atoms with van der Waals surface area (Å²) in [6, 6.07) is 12.1. The molecule has 3 aromatic heterocycles. The Kier molecular flexibility index (Phi) is 4.85. The number of nitrogens with one attached hydrogen (secondary N) is 1. The highest BCUT2D eigenvalue weighted by atomic mass is 32.1. The quantitative estimate of drug-likeness (QED) is 0.478. The summed E-state index contributed by atoms with van der Waals surface area (Å²) in [4.78, 5) is 21.5. The largest absolute Gasteiger partial charge is 0.348 e. The first kappa shape index (κ1) is 18.4. The van der Waals surface area contributed by atoms with E-state index in [-0.39, 0.29) is 11.9 Å². The number of carbonyl (C=O) groups is 1. The highest BCUT2D eigenvalue weighted by Gasteiger charge is 2.30. The number of carbonyl (C=O) groups excluding carboxylic acids is 1. The fourth-order valence-corrected chi connectivity index (χ4v) is 4.98. The molecule has 0 radical (unpaired) electrons. The number of fused-ring (bicyclic) bond motifs is 1. The first-order valence-corrected chi connectivity index (χ1v) is 11.3. The molecule has 0 unspecified atom stereocenters. The van der Waals surface area contributed by atoms with E-state index in [0.29, 0.717) is 25.0 Å². The van der Waals surface area contributed by atoms with Crippen LogP contribution in [0, 0.1) is 0 Å². The van der Waals surface area contributed by atoms with Gasteiger partial charge in [0.1, 0.15) is 11.9 Å². The third-order valence-corrected chi connectivity index (χ3v) is 6.78. The zero-order valence-corrected chi connectivity index (χ0v) is 17.1. The van der Waals surface area contributed by atoms with Crippen molar-refractivity contribution in [2.75, 3.05) is 0 Å². The van der Waals surface area contributed by atoms with Gasteiger partial charge in [0.25, 0.3) is 5.91 Å². The number of halogens is 1. The number of benzene rings is 1. The molecule has 1 aromatic carbocycles. The maximum absolute atomic E-state index is 13.0. The van der Waals surface area contributed by atoms with Crippen molar-refractivity contribution in [3.63, 3.8) is 0 Å². The first-order valence-electron chi connectivity index (χ1n) is 9.45. The molecule has 5 rings (SSSR count). The number of nitrogens with zero attached hydrogens (tertiary/aromatic N) is 2. The smallest absolute Gasteiger partial charge is 0.270 e. The number of amides is 1. The second-order valence-electron chi connectivity index (χ2n) is 7.29. The van der Waals surface area contributed by atoms with E-state index in [4.69, 9.17) is 0 Å². The van der Waals surface area contributed by atoms with Crippen LogP contribution in [0.15, 0.2) is 52.7 Å². The van der Waals surface area contributed by atoms with E-state index in [0.717, 1.165) is 32.6 Å². The zero-order chi connectivity index (χ0) is 19.8. The highest BCUT2D eigenvalue weighted by Crippen LogP contribution is 2.28. The molecular formula is C22H18FN3OS2. The van der Waals surface area contributed by atoms with Crippen LogP contribution < -0.4 is 5.32 Å². The third-order valence-electron chi connectivity index (χ3n) is 5.21. The molecule has 1 saturated carbocycles. The Morgan fingerprint density at radius 1 is 1.21 bits per heavy atom. The maximum atomic E-state index is 13.0. The molecule has 0 atom stereocenters. The number of thiazole rings is 1. The van der Waals surface area contributed by atoms with Crippen LogP contribution in [-0.2, 0) is 6.42 Å². The van der Waals surface area contributed by atoms with E-state index in [1.807, 2.05) is 28.4 Å². The fraction of sp³-hybridized carbons (Fsp3) is 0.227. The van der Waals surface area contributed by atoms with Gasteiger partial charge in [-0.1, -0.05) is 24.3 Å². The number of hydrogen-bond donors (Lipinski definition) is 1. The molecule has 1 amide bonds. The minimum atomic E-state index is -0.796. The van der Waals surface area contributed by atoms with Crippen LogP contribution >= 0.6 is 22.7 Å². The molecule has 3 heterocycles. The van der Waals surface area contributed by atoms with Crippen LogP contribution in [0.2, 0.25) is 0 Å². The first-order chi connectivity index (χ1) is 14.2. The van der Waals surface area contributed by atoms with Crippen LogP contribution in [0.4, 0.5) is 4.39 Å². The van der Waals surface area contributed by atoms with Crippen LogP contribution in [0.1, 0.15) is 34.5 Å². The van der Waals surface area contributed by atoms with E-state index in [1.165, 1.54) is 0 Å². The van der Waals surface area contributed by atoms with Crippen molar-refractivity contribution >= 4 is 38.8 Å². The molecule has 4 nitrogen and oxygen atoms in total. The van der Waals surface area contributed by atoms with Crippen molar-refractivity contribution < 1.29 is 9.18 Å². The van der Waals surface area contributed by atoms with E-state index in [1.54, 1.807) is 22.7 Å². The number of pyridine rings is 1. The van der Waals surface area contributed by atoms with Crippen LogP contribution in [0.25, 0.3) is 21.5 Å². The molecule has 29 heavy (non-hydrogen) atoms. The van der Waals surface area contributed by atoms with Crippen LogP contribution in [0.5, 0.6) is 0 Å². The summed E-state index contributed by atoms with van der Waals surface area (Å²) in [5.41, 5.74) is 7.37. The molecule has 1 fully saturated rings. The third kappa shape index (κ3) is 3.80. The number of aromatic nitrogens is 2. The SMILES string of the molecule is O=C(NC1CC(F)C1)c1cc(Cc2ccc(-c3cscn3)cc2)c2sccc2n1. The van der Waals surface area contributed by atoms with Crippen molar-refractivity contribution in [1.82, 2.24) is 15.3 Å². The van der Waals surface area contributed by atoms with E-state index >= 15 is 0 Å². The standard InChI is InChI=1S/C22H18FN3OS2/c23-16-9-17(10-16)25-22(27)19-8-15(21-18(26-19)5-6-29-21)7-13-1-3-14(4-2-13)20-11-28-12-24-20/h1-6,8,11-12,16-17H,7,9-10H2,(H,25,27). The van der Waals surface area contributed by atoms with Gasteiger partial charge in [-0.25, -0.2) is 14.4 Å². The number of hydrogen-bond acceptors (Lipinski definition) is 5. The lowest BCUT2D eigenvalue weighted by atomic mass is 9.90. The van der Waals surface area contributed by atoms with Crippen molar-refractivity contribution in [2.45, 2.75) is 31.5 Å². The second-order valence-corrected chi connectivity index (χ2v) is 8.92. The number of thiophene rings is 1. The van der Waals surface area contributed by atoms with Gasteiger partial charge >= 0.3 is 0 Å². The molecule has 1 aliphatic rings. The summed E-state index contributed by atoms with van der Waals surface area (Å²) in [6.45, 7) is 0. The Bertz CT molecular complexity index is 1150. The lowest BCUT2D eigenvalue weighted by Crippen LogP contribution is -2.45. The van der Waals surface area contributed by atoms with E-state index in [2.05, 4.69) is 39.6 Å². The molecule has 0 bridgehead atoms. The molecule has 4 aromatic rings. The molecule has 0 spiro atoms. The van der Waals surface area contributed by atoms with Gasteiger partial charge in [-0.15, -0.1) is 22.7 Å². The lowest BCUT2D eigenvalue weighted by molar-refractivity contribution is 0.0855. The molecule has 0 aliphatic heterocycles. The Balaban J connectivity index is 1.40. The average Bonchev–Trinajstić information content (AvgIpc) is 3.39. The monoisotopic (exact) mass is 423 g/mol. The Morgan fingerprint density at radius 2 is 2.03 bits per heavy atom. The van der Waals surface area contributed by atoms with Crippen LogP contribution in [0.3, 0.4) is 0 Å². The van der Waals surface area contributed by atoms with Gasteiger partial charge in [-0.2, -0.15) is 0 Å². The van der Waals surface area contributed by atoms with Gasteiger partial charge in [0.15, 0.2) is 0 Å². The van der Waals surface area contributed by atoms with E-state index in [9.17, 15) is 9.18 Å². The lowest BCUT2D eigenvalue weighted by Gasteiger charge is -2.30. The molecule has 146 valence electrons. The minimum absolute atomic E-state index is 0.0841. The summed E-state index contributed by atoms with van der Waals surface area (Å²) in [5, 5.41) is 6.92. The Hall–Kier alpha value is -2.64. The highest BCUT2D eigenvalue weighted by molar-refractivity contribution is 7.17. The number of rotatable bonds is 5. The molecule has 7 heteroatoms. The summed E-state index contributed by atoms with van der Waals surface area (Å²) in [5.74, 6) is -0.227. The zero-order valence-electron chi connectivity index (χ0n) is 15.5. The van der Waals surface area contributed by atoms with Crippen LogP contribution in [-0.4, -0.2) is 28.1 Å². The second kappa shape index (κ2) is 7.65. The van der Waals surface area contributed by atoms with Crippen molar-refractivity contribution in [1.29, 1.82) is 0 Å². The predicted molar refractivity (Wildman–Crippen MR) is 115 cm³/mol. The van der Waals surface area contributed by atoms with Gasteiger partial charge < -0.3 is 5.32 Å². The summed E-state index contributed by atoms with van der Waals surface area (Å²) < 4.78 is 14.1. The molecule has 1 aliphatic carbocycles. The fourth-order valence-electron chi connectivity index (χ4n) is 3.57. The molecule has 0 saturated heterocycles. The molecular weight excluding hydrogens is 405 g/mol. The van der Waals surface area contributed by atoms with Crippen molar-refractivity contribution in [3.05, 3.63) is 69.5 Å². The van der Waals surface area contributed by atoms with Crippen molar-refractivity contribution in [3.8, 4) is 11.3 Å². The average molecular weight is 424 g/mol. The van der Waals surface area contributed by atoms with E-state index < -0.39 is 6.17 Å². The summed E-state index contributed by atoms with van der Waals surface area (Å²) in [6.07, 6.45) is 0.706. The normalized spacial score (nSPS) is 18.5. The topological polar surface area (TPSA) is 54.9 Å². The summed E-state index contributed by atoms with van der Waals surface area (Å²) in [7, 11) is 0. The van der Waals surface area contributed by atoms with Gasteiger partial charge in [0, 0.05) is 17.0 Å². The van der Waals surface area contributed by atoms with Gasteiger partial charge in [-0.05, 0) is 47.9 Å². The minimum Gasteiger partial charge on any atom is -0.348 e. The van der Waals surface area contributed by atoms with Gasteiger partial charge in [-0.3, -0.25) is 4.79 Å². The molecule has 1 N–H and O–H groups in total. The van der Waals surface area contributed by atoms with Gasteiger partial charge in [0.2, 0.25) is 0 Å². The Morgan fingerprint density at radius 3 is 2.76 bits per heavy atom. The van der Waals surface area contributed by atoms with Crippen molar-refractivity contribution in [2.24, 2.45) is 0 Å². The predicted octanol–water partition coefficient (Wildman–Crippen LogP) is 5.24. The van der Waals surface area contributed by atoms with Gasteiger partial charge in [0.05, 0.1) is 21.4 Å².